The Morgan fingerprint density at radius 3 is 2.50 bits per heavy atom. The summed E-state index contributed by atoms with van der Waals surface area (Å²) in [7, 11) is 0. The molecule has 18 heavy (non-hydrogen) atoms. The topological polar surface area (TPSA) is 116 Å². The zero-order valence-electron chi connectivity index (χ0n) is 9.69. The minimum Gasteiger partial charge on any atom is -0.396 e. The molecule has 0 bridgehead atoms. The number of nitrogens with zero attached hydrogens (tertiary/aromatic N) is 1. The van der Waals surface area contributed by atoms with Crippen molar-refractivity contribution in [1.29, 1.82) is 0 Å². The van der Waals surface area contributed by atoms with Crippen LogP contribution in [0.5, 0.6) is 0 Å². The largest absolute Gasteiger partial charge is 0.396 e. The molecule has 1 aliphatic rings. The molecule has 7 heteroatoms. The van der Waals surface area contributed by atoms with Crippen LogP contribution < -0.4 is 11.2 Å². The average molecular weight is 256 g/mol. The van der Waals surface area contributed by atoms with Gasteiger partial charge < -0.3 is 19.9 Å². The number of aromatic amines is 1. The van der Waals surface area contributed by atoms with E-state index in [4.69, 9.17) is 5.11 Å². The monoisotopic (exact) mass is 256 g/mol. The van der Waals surface area contributed by atoms with Crippen molar-refractivity contribution in [3.8, 4) is 0 Å². The molecule has 1 heterocycles. The van der Waals surface area contributed by atoms with Gasteiger partial charge in [-0.05, 0) is 6.42 Å². The van der Waals surface area contributed by atoms with Crippen molar-refractivity contribution < 1.29 is 15.3 Å². The predicted octanol–water partition coefficient (Wildman–Crippen LogP) is -2.11. The maximum atomic E-state index is 11.5. The van der Waals surface area contributed by atoms with Crippen molar-refractivity contribution >= 4 is 0 Å². The minimum atomic E-state index is -0.974. The van der Waals surface area contributed by atoms with Crippen LogP contribution in [0.25, 0.3) is 0 Å². The van der Waals surface area contributed by atoms with E-state index in [1.807, 2.05) is 0 Å². The van der Waals surface area contributed by atoms with Gasteiger partial charge in [0, 0.05) is 37.3 Å². The van der Waals surface area contributed by atoms with Crippen LogP contribution in [0.2, 0.25) is 0 Å². The molecule has 1 aliphatic carbocycles. The quantitative estimate of drug-likeness (QED) is 0.494. The van der Waals surface area contributed by atoms with Gasteiger partial charge in [0.25, 0.3) is 5.56 Å². The van der Waals surface area contributed by atoms with E-state index < -0.39 is 23.5 Å². The molecule has 0 saturated heterocycles. The Morgan fingerprint density at radius 2 is 1.94 bits per heavy atom. The van der Waals surface area contributed by atoms with Crippen molar-refractivity contribution in [2.45, 2.75) is 25.2 Å². The summed E-state index contributed by atoms with van der Waals surface area (Å²) in [5, 5.41) is 28.5. The van der Waals surface area contributed by atoms with Gasteiger partial charge in [-0.3, -0.25) is 9.78 Å². The number of nitrogens with one attached hydrogen (secondary N) is 1. The van der Waals surface area contributed by atoms with Gasteiger partial charge in [0.05, 0.1) is 12.2 Å². The lowest BCUT2D eigenvalue weighted by Crippen LogP contribution is -2.34. The van der Waals surface area contributed by atoms with Crippen LogP contribution in [0, 0.1) is 11.8 Å². The molecule has 1 aromatic heterocycles. The van der Waals surface area contributed by atoms with E-state index in [-0.39, 0.29) is 25.0 Å². The van der Waals surface area contributed by atoms with Gasteiger partial charge in [0.2, 0.25) is 0 Å². The summed E-state index contributed by atoms with van der Waals surface area (Å²) in [6, 6.07) is 1.22. The molecule has 100 valence electrons. The smallest absolute Gasteiger partial charge is 0.328 e. The number of hydrogen-bond donors (Lipinski definition) is 4. The van der Waals surface area contributed by atoms with Gasteiger partial charge >= 0.3 is 5.69 Å². The summed E-state index contributed by atoms with van der Waals surface area (Å²) in [5.41, 5.74) is -1.02. The highest BCUT2D eigenvalue weighted by molar-refractivity contribution is 4.92. The van der Waals surface area contributed by atoms with Crippen LogP contribution in [0.4, 0.5) is 0 Å². The standard InChI is InChI=1S/C11H16N2O5/c14-5-7-3-6(9(16)10(7)17)4-13-2-1-8(15)12-11(13)18/h1-2,6-7,9-10,14,16-17H,3-5H2,(H,12,15,18)/t6-,7+,9-,10+/m1/s1. The summed E-state index contributed by atoms with van der Waals surface area (Å²) in [6.07, 6.45) is -0.156. The molecule has 7 nitrogen and oxygen atoms in total. The van der Waals surface area contributed by atoms with Crippen molar-refractivity contribution in [2.75, 3.05) is 6.61 Å². The summed E-state index contributed by atoms with van der Waals surface area (Å²) >= 11 is 0. The zero-order chi connectivity index (χ0) is 13.3. The van der Waals surface area contributed by atoms with E-state index in [9.17, 15) is 19.8 Å². The second kappa shape index (κ2) is 5.05. The van der Waals surface area contributed by atoms with Crippen molar-refractivity contribution in [3.63, 3.8) is 0 Å². The Labute approximate surface area is 102 Å². The molecular formula is C11H16N2O5. The van der Waals surface area contributed by atoms with E-state index in [0.717, 1.165) is 0 Å². The Bertz CT molecular complexity index is 523. The van der Waals surface area contributed by atoms with Gasteiger partial charge in [-0.25, -0.2) is 4.79 Å². The van der Waals surface area contributed by atoms with Crippen molar-refractivity contribution in [2.24, 2.45) is 11.8 Å². The fourth-order valence-electron chi connectivity index (χ4n) is 2.43. The van der Waals surface area contributed by atoms with Crippen molar-refractivity contribution in [1.82, 2.24) is 9.55 Å². The maximum absolute atomic E-state index is 11.5. The van der Waals surface area contributed by atoms with Gasteiger partial charge in [0.15, 0.2) is 0 Å². The molecule has 0 amide bonds. The zero-order valence-corrected chi connectivity index (χ0v) is 9.69. The first-order valence-electron chi connectivity index (χ1n) is 5.79. The molecule has 0 spiro atoms. The Hall–Kier alpha value is -1.44. The molecule has 4 atom stereocenters. The minimum absolute atomic E-state index is 0.199. The van der Waals surface area contributed by atoms with E-state index in [2.05, 4.69) is 4.98 Å². The molecule has 2 rings (SSSR count). The molecule has 1 saturated carbocycles. The summed E-state index contributed by atoms with van der Waals surface area (Å²) in [6.45, 7) is -0.000408. The SMILES string of the molecule is O=c1ccn(C[C@H]2C[C@@H](CO)[C@H](O)[C@@H]2O)c(=O)[nH]1. The Balaban J connectivity index is 2.15. The molecule has 4 N–H and O–H groups in total. The second-order valence-corrected chi connectivity index (χ2v) is 4.68. The Kier molecular flexibility index (Phi) is 3.65. The molecule has 0 unspecified atom stereocenters. The van der Waals surface area contributed by atoms with Gasteiger partial charge in [-0.15, -0.1) is 0 Å². The molecular weight excluding hydrogens is 240 g/mol. The van der Waals surface area contributed by atoms with Crippen LogP contribution in [-0.2, 0) is 6.54 Å². The van der Waals surface area contributed by atoms with E-state index in [1.165, 1.54) is 16.8 Å². The number of H-pyrrole nitrogens is 1. The second-order valence-electron chi connectivity index (χ2n) is 4.68. The fourth-order valence-corrected chi connectivity index (χ4v) is 2.43. The van der Waals surface area contributed by atoms with Crippen molar-refractivity contribution in [3.05, 3.63) is 33.1 Å². The van der Waals surface area contributed by atoms with Crippen LogP contribution in [-0.4, -0.2) is 43.7 Å². The Morgan fingerprint density at radius 1 is 1.28 bits per heavy atom. The number of aliphatic hydroxyl groups excluding tert-OH is 3. The molecule has 1 aromatic rings. The lowest BCUT2D eigenvalue weighted by molar-refractivity contribution is -0.00809. The van der Waals surface area contributed by atoms with E-state index in [1.54, 1.807) is 0 Å². The lowest BCUT2D eigenvalue weighted by Gasteiger charge is -2.17. The molecule has 0 aliphatic heterocycles. The van der Waals surface area contributed by atoms with Crippen LogP contribution in [0.1, 0.15) is 6.42 Å². The first-order valence-corrected chi connectivity index (χ1v) is 5.79. The predicted molar refractivity (Wildman–Crippen MR) is 62.0 cm³/mol. The van der Waals surface area contributed by atoms with E-state index >= 15 is 0 Å². The fraction of sp³-hybridized carbons (Fsp3) is 0.636. The number of aliphatic hydroxyl groups is 3. The first kappa shape index (κ1) is 13.0. The third-order valence-corrected chi connectivity index (χ3v) is 3.48. The number of aromatic nitrogens is 2. The highest BCUT2D eigenvalue weighted by Crippen LogP contribution is 2.32. The lowest BCUT2D eigenvalue weighted by atomic mass is 10.0. The third kappa shape index (κ3) is 2.38. The number of rotatable bonds is 3. The first-order chi connectivity index (χ1) is 8.52. The van der Waals surface area contributed by atoms with Gasteiger partial charge in [-0.2, -0.15) is 0 Å². The number of hydrogen-bond acceptors (Lipinski definition) is 5. The molecule has 0 radical (unpaired) electrons. The van der Waals surface area contributed by atoms with Gasteiger partial charge in [0.1, 0.15) is 0 Å². The highest BCUT2D eigenvalue weighted by Gasteiger charge is 2.41. The maximum Gasteiger partial charge on any atom is 0.328 e. The summed E-state index contributed by atoms with van der Waals surface area (Å²) in [5.74, 6) is -0.691. The molecule has 0 aromatic carbocycles. The average Bonchev–Trinajstić information content (AvgIpc) is 2.60. The van der Waals surface area contributed by atoms with Crippen LogP contribution >= 0.6 is 0 Å². The molecule has 1 fully saturated rings. The van der Waals surface area contributed by atoms with Crippen LogP contribution in [0.3, 0.4) is 0 Å². The summed E-state index contributed by atoms with van der Waals surface area (Å²) < 4.78 is 1.28. The highest BCUT2D eigenvalue weighted by atomic mass is 16.3. The third-order valence-electron chi connectivity index (χ3n) is 3.48. The van der Waals surface area contributed by atoms with Crippen LogP contribution in [0.15, 0.2) is 21.9 Å². The summed E-state index contributed by atoms with van der Waals surface area (Å²) in [4.78, 5) is 24.5. The normalized spacial score (nSPS) is 31.7. The van der Waals surface area contributed by atoms with E-state index in [0.29, 0.717) is 6.42 Å². The van der Waals surface area contributed by atoms with Gasteiger partial charge in [-0.1, -0.05) is 0 Å².